The van der Waals surface area contributed by atoms with Gasteiger partial charge in [0.05, 0.1) is 19.3 Å². The van der Waals surface area contributed by atoms with Crippen molar-refractivity contribution in [1.29, 1.82) is 0 Å². The fraction of sp³-hybridized carbons (Fsp3) is 0.706. The summed E-state index contributed by atoms with van der Waals surface area (Å²) in [6.07, 6.45) is 6.83. The van der Waals surface area contributed by atoms with Crippen LogP contribution >= 0.6 is 24.0 Å². The molecule has 0 spiro atoms. The van der Waals surface area contributed by atoms with Gasteiger partial charge in [-0.25, -0.2) is 4.99 Å². The summed E-state index contributed by atoms with van der Waals surface area (Å²) in [6.45, 7) is 7.01. The van der Waals surface area contributed by atoms with Gasteiger partial charge in [-0.2, -0.15) is 0 Å². The Morgan fingerprint density at radius 3 is 2.83 bits per heavy atom. The normalized spacial score (nSPS) is 24.8. The van der Waals surface area contributed by atoms with Crippen LogP contribution in [0.1, 0.15) is 25.3 Å². The van der Waals surface area contributed by atoms with Crippen molar-refractivity contribution in [1.82, 2.24) is 14.8 Å². The van der Waals surface area contributed by atoms with Gasteiger partial charge in [-0.05, 0) is 31.4 Å². The lowest BCUT2D eigenvalue weighted by Crippen LogP contribution is -2.53. The summed E-state index contributed by atoms with van der Waals surface area (Å²) in [5.41, 5.74) is 1.23. The second-order valence-corrected chi connectivity index (χ2v) is 6.26. The van der Waals surface area contributed by atoms with Crippen molar-refractivity contribution >= 4 is 29.9 Å². The molecule has 3 heterocycles. The minimum atomic E-state index is 0. The molecule has 2 aliphatic rings. The highest BCUT2D eigenvalue weighted by atomic mass is 127. The minimum absolute atomic E-state index is 0. The number of aromatic nitrogens is 1. The molecule has 0 bridgehead atoms. The number of morpholine rings is 1. The van der Waals surface area contributed by atoms with E-state index in [1.807, 2.05) is 7.05 Å². The van der Waals surface area contributed by atoms with Crippen molar-refractivity contribution in [3.8, 4) is 0 Å². The quantitative estimate of drug-likeness (QED) is 0.435. The second-order valence-electron chi connectivity index (χ2n) is 6.26. The SMILES string of the molecule is CCNC(=NCc1ccn(C)c1)N1CCOC(C2CCCO2)C1.I. The highest BCUT2D eigenvalue weighted by Gasteiger charge is 2.32. The van der Waals surface area contributed by atoms with Gasteiger partial charge in [0.1, 0.15) is 6.10 Å². The van der Waals surface area contributed by atoms with Crippen molar-refractivity contribution in [2.45, 2.75) is 38.5 Å². The first-order chi connectivity index (χ1) is 11.3. The van der Waals surface area contributed by atoms with Crippen LogP contribution in [-0.2, 0) is 23.1 Å². The molecule has 24 heavy (non-hydrogen) atoms. The van der Waals surface area contributed by atoms with E-state index >= 15 is 0 Å². The molecule has 2 atom stereocenters. The standard InChI is InChI=1S/C17H28N4O2.HI/c1-3-18-17(19-11-14-6-7-20(2)12-14)21-8-10-23-16(13-21)15-5-4-9-22-15;/h6-7,12,15-16H,3-5,8-11,13H2,1-2H3,(H,18,19);1H. The van der Waals surface area contributed by atoms with E-state index in [4.69, 9.17) is 14.5 Å². The fourth-order valence-electron chi connectivity index (χ4n) is 3.23. The molecule has 6 nitrogen and oxygen atoms in total. The van der Waals surface area contributed by atoms with Crippen LogP contribution in [0.25, 0.3) is 0 Å². The maximum atomic E-state index is 5.93. The number of halogens is 1. The largest absolute Gasteiger partial charge is 0.375 e. The fourth-order valence-corrected chi connectivity index (χ4v) is 3.23. The van der Waals surface area contributed by atoms with E-state index in [0.717, 1.165) is 51.6 Å². The lowest BCUT2D eigenvalue weighted by atomic mass is 10.1. The Morgan fingerprint density at radius 2 is 2.17 bits per heavy atom. The Kier molecular flexibility index (Phi) is 7.83. The van der Waals surface area contributed by atoms with E-state index in [2.05, 4.69) is 40.2 Å². The maximum Gasteiger partial charge on any atom is 0.194 e. The lowest BCUT2D eigenvalue weighted by Gasteiger charge is -2.37. The zero-order chi connectivity index (χ0) is 16.1. The first-order valence-electron chi connectivity index (χ1n) is 8.63. The van der Waals surface area contributed by atoms with E-state index in [-0.39, 0.29) is 36.2 Å². The van der Waals surface area contributed by atoms with E-state index in [1.165, 1.54) is 5.56 Å². The van der Waals surface area contributed by atoms with Crippen LogP contribution < -0.4 is 5.32 Å². The molecule has 0 aromatic carbocycles. The highest BCUT2D eigenvalue weighted by Crippen LogP contribution is 2.21. The summed E-state index contributed by atoms with van der Waals surface area (Å²) in [7, 11) is 2.03. The zero-order valence-corrected chi connectivity index (χ0v) is 16.9. The number of aryl methyl sites for hydroxylation is 1. The second kappa shape index (κ2) is 9.62. The first kappa shape index (κ1) is 19.5. The number of ether oxygens (including phenoxy) is 2. The van der Waals surface area contributed by atoms with Crippen molar-refractivity contribution < 1.29 is 9.47 Å². The van der Waals surface area contributed by atoms with Crippen molar-refractivity contribution in [3.63, 3.8) is 0 Å². The summed E-state index contributed by atoms with van der Waals surface area (Å²) in [5.74, 6) is 0.975. The molecule has 2 unspecified atom stereocenters. The third kappa shape index (κ3) is 5.10. The van der Waals surface area contributed by atoms with E-state index in [0.29, 0.717) is 6.54 Å². The summed E-state index contributed by atoms with van der Waals surface area (Å²) in [6, 6.07) is 2.11. The summed E-state index contributed by atoms with van der Waals surface area (Å²) in [4.78, 5) is 7.11. The molecule has 2 aliphatic heterocycles. The molecule has 7 heteroatoms. The molecular weight excluding hydrogens is 419 g/mol. The smallest absolute Gasteiger partial charge is 0.194 e. The van der Waals surface area contributed by atoms with Gasteiger partial charge in [-0.15, -0.1) is 24.0 Å². The van der Waals surface area contributed by atoms with Crippen LogP contribution in [0.5, 0.6) is 0 Å². The Labute approximate surface area is 161 Å². The molecule has 0 amide bonds. The predicted octanol–water partition coefficient (Wildman–Crippen LogP) is 1.99. The Hall–Kier alpha value is -0.800. The highest BCUT2D eigenvalue weighted by molar-refractivity contribution is 14.0. The number of nitrogens with zero attached hydrogens (tertiary/aromatic N) is 3. The minimum Gasteiger partial charge on any atom is -0.375 e. The van der Waals surface area contributed by atoms with Crippen LogP contribution in [0.15, 0.2) is 23.5 Å². The average Bonchev–Trinajstić information content (AvgIpc) is 3.23. The van der Waals surface area contributed by atoms with Gasteiger partial charge in [0, 0.05) is 45.7 Å². The van der Waals surface area contributed by atoms with Crippen LogP contribution in [-0.4, -0.2) is 60.5 Å². The maximum absolute atomic E-state index is 5.93. The monoisotopic (exact) mass is 448 g/mol. The molecule has 136 valence electrons. The summed E-state index contributed by atoms with van der Waals surface area (Å²) < 4.78 is 13.8. The van der Waals surface area contributed by atoms with E-state index < -0.39 is 0 Å². The average molecular weight is 448 g/mol. The molecule has 0 radical (unpaired) electrons. The molecule has 1 N–H and O–H groups in total. The van der Waals surface area contributed by atoms with Crippen molar-refractivity contribution in [2.75, 3.05) is 32.8 Å². The topological polar surface area (TPSA) is 51.0 Å². The third-order valence-corrected chi connectivity index (χ3v) is 4.41. The van der Waals surface area contributed by atoms with Crippen LogP contribution in [0.4, 0.5) is 0 Å². The van der Waals surface area contributed by atoms with E-state index in [1.54, 1.807) is 0 Å². The Balaban J connectivity index is 0.00000208. The van der Waals surface area contributed by atoms with Gasteiger partial charge in [-0.3, -0.25) is 0 Å². The Bertz CT molecular complexity index is 528. The molecule has 1 aromatic rings. The van der Waals surface area contributed by atoms with E-state index in [9.17, 15) is 0 Å². The molecule has 0 aliphatic carbocycles. The lowest BCUT2D eigenvalue weighted by molar-refractivity contribution is -0.0817. The molecule has 2 saturated heterocycles. The van der Waals surface area contributed by atoms with Crippen molar-refractivity contribution in [3.05, 3.63) is 24.0 Å². The molecule has 3 rings (SSSR count). The van der Waals surface area contributed by atoms with Gasteiger partial charge in [-0.1, -0.05) is 0 Å². The Morgan fingerprint density at radius 1 is 1.33 bits per heavy atom. The number of nitrogens with one attached hydrogen (secondary N) is 1. The zero-order valence-electron chi connectivity index (χ0n) is 14.6. The van der Waals surface area contributed by atoms with Gasteiger partial charge < -0.3 is 24.3 Å². The summed E-state index contributed by atoms with van der Waals surface area (Å²) >= 11 is 0. The number of hydrogen-bond donors (Lipinski definition) is 1. The number of aliphatic imine (C=N–C) groups is 1. The number of guanidine groups is 1. The molecular formula is C17H29IN4O2. The summed E-state index contributed by atoms with van der Waals surface area (Å²) in [5, 5.41) is 3.41. The van der Waals surface area contributed by atoms with Crippen molar-refractivity contribution in [2.24, 2.45) is 12.0 Å². The first-order valence-corrected chi connectivity index (χ1v) is 8.63. The number of rotatable bonds is 4. The third-order valence-electron chi connectivity index (χ3n) is 4.41. The predicted molar refractivity (Wildman–Crippen MR) is 106 cm³/mol. The van der Waals surface area contributed by atoms with Crippen LogP contribution in [0.3, 0.4) is 0 Å². The molecule has 0 saturated carbocycles. The van der Waals surface area contributed by atoms with Gasteiger partial charge >= 0.3 is 0 Å². The van der Waals surface area contributed by atoms with Gasteiger partial charge in [0.25, 0.3) is 0 Å². The molecule has 2 fully saturated rings. The van der Waals surface area contributed by atoms with Gasteiger partial charge in [0.2, 0.25) is 0 Å². The van der Waals surface area contributed by atoms with Crippen LogP contribution in [0.2, 0.25) is 0 Å². The van der Waals surface area contributed by atoms with Crippen LogP contribution in [0, 0.1) is 0 Å². The number of hydrogen-bond acceptors (Lipinski definition) is 3. The van der Waals surface area contributed by atoms with Gasteiger partial charge in [0.15, 0.2) is 5.96 Å². The molecule has 1 aromatic heterocycles.